The van der Waals surface area contributed by atoms with Crippen LogP contribution in [0.4, 0.5) is 10.5 Å². The van der Waals surface area contributed by atoms with Crippen LogP contribution in [-0.4, -0.2) is 6.03 Å². The second-order valence-corrected chi connectivity index (χ2v) is 5.28. The fourth-order valence-electron chi connectivity index (χ4n) is 2.22. The van der Waals surface area contributed by atoms with Crippen LogP contribution in [0.3, 0.4) is 0 Å². The van der Waals surface area contributed by atoms with E-state index in [0.29, 0.717) is 5.02 Å². The van der Waals surface area contributed by atoms with Crippen molar-refractivity contribution in [3.05, 3.63) is 40.6 Å². The molecular weight excluding hydrogens is 260 g/mol. The minimum Gasteiger partial charge on any atom is -0.314 e. The Morgan fingerprint density at radius 1 is 1.26 bits per heavy atom. The van der Waals surface area contributed by atoms with Gasteiger partial charge in [0.1, 0.15) is 0 Å². The zero-order valence-corrected chi connectivity index (χ0v) is 11.9. The van der Waals surface area contributed by atoms with Crippen molar-refractivity contribution < 1.29 is 4.79 Å². The summed E-state index contributed by atoms with van der Waals surface area (Å²) in [6.45, 7) is 1.89. The lowest BCUT2D eigenvalue weighted by molar-refractivity contribution is 0.255. The van der Waals surface area contributed by atoms with Gasteiger partial charge in [0.2, 0.25) is 0 Å². The maximum atomic E-state index is 11.8. The molecule has 1 saturated carbocycles. The number of hydrogen-bond donors (Lipinski definition) is 2. The number of rotatable bonds is 2. The van der Waals surface area contributed by atoms with Gasteiger partial charge in [-0.05, 0) is 50.3 Å². The quantitative estimate of drug-likeness (QED) is 0.814. The summed E-state index contributed by atoms with van der Waals surface area (Å²) in [5.41, 5.74) is 2.95. The van der Waals surface area contributed by atoms with E-state index in [0.717, 1.165) is 24.1 Å². The number of halogens is 1. The van der Waals surface area contributed by atoms with Crippen LogP contribution < -0.4 is 10.6 Å². The van der Waals surface area contributed by atoms with E-state index in [4.69, 9.17) is 11.6 Å². The van der Waals surface area contributed by atoms with Crippen LogP contribution >= 0.6 is 11.6 Å². The maximum absolute atomic E-state index is 11.8. The Balaban J connectivity index is 1.92. The van der Waals surface area contributed by atoms with Crippen molar-refractivity contribution in [2.45, 2.75) is 39.0 Å². The molecule has 2 N–H and O–H groups in total. The molecule has 3 nitrogen and oxygen atoms in total. The molecule has 1 aromatic carbocycles. The van der Waals surface area contributed by atoms with E-state index < -0.39 is 0 Å². The van der Waals surface area contributed by atoms with Gasteiger partial charge in [0.05, 0.1) is 0 Å². The molecule has 4 heteroatoms. The third kappa shape index (κ3) is 4.00. The van der Waals surface area contributed by atoms with E-state index in [-0.39, 0.29) is 6.03 Å². The molecule has 2 rings (SSSR count). The molecule has 102 valence electrons. The zero-order valence-electron chi connectivity index (χ0n) is 11.1. The van der Waals surface area contributed by atoms with Gasteiger partial charge in [-0.15, -0.1) is 0 Å². The van der Waals surface area contributed by atoms with E-state index in [2.05, 4.69) is 10.6 Å². The summed E-state index contributed by atoms with van der Waals surface area (Å²) >= 11 is 6.01. The van der Waals surface area contributed by atoms with Crippen molar-refractivity contribution in [1.82, 2.24) is 5.32 Å². The third-order valence-electron chi connectivity index (χ3n) is 3.42. The molecule has 0 aromatic heterocycles. The van der Waals surface area contributed by atoms with Crippen LogP contribution in [0, 0.1) is 6.92 Å². The Morgan fingerprint density at radius 2 is 2.00 bits per heavy atom. The predicted octanol–water partition coefficient (Wildman–Crippen LogP) is 4.62. The van der Waals surface area contributed by atoms with E-state index in [1.54, 1.807) is 0 Å². The van der Waals surface area contributed by atoms with Gasteiger partial charge in [-0.3, -0.25) is 0 Å². The average Bonchev–Trinajstić information content (AvgIpc) is 2.43. The molecule has 0 spiro atoms. The van der Waals surface area contributed by atoms with Crippen LogP contribution in [0.15, 0.2) is 30.0 Å². The summed E-state index contributed by atoms with van der Waals surface area (Å²) in [6.07, 6.45) is 7.78. The Kier molecular flexibility index (Phi) is 4.86. The van der Waals surface area contributed by atoms with Crippen LogP contribution in [0.25, 0.3) is 0 Å². The highest BCUT2D eigenvalue weighted by molar-refractivity contribution is 6.31. The summed E-state index contributed by atoms with van der Waals surface area (Å²) < 4.78 is 0. The Labute approximate surface area is 119 Å². The van der Waals surface area contributed by atoms with Crippen molar-refractivity contribution in [2.24, 2.45) is 0 Å². The Bertz CT molecular complexity index is 489. The number of anilines is 1. The molecule has 0 aliphatic heterocycles. The minimum absolute atomic E-state index is 0.219. The SMILES string of the molecule is Cc1c(Cl)cccc1NC(=O)NC=C1CCCCC1. The lowest BCUT2D eigenvalue weighted by Gasteiger charge is -2.14. The first-order valence-corrected chi connectivity index (χ1v) is 7.05. The van der Waals surface area contributed by atoms with Gasteiger partial charge in [-0.1, -0.05) is 29.7 Å². The first-order valence-electron chi connectivity index (χ1n) is 6.67. The molecule has 0 atom stereocenters. The number of allylic oxidation sites excluding steroid dienone is 1. The van der Waals surface area contributed by atoms with Crippen molar-refractivity contribution in [3.8, 4) is 0 Å². The molecule has 1 aliphatic rings. The molecule has 1 aliphatic carbocycles. The standard InChI is InChI=1S/C15H19ClN2O/c1-11-13(16)8-5-9-14(11)18-15(19)17-10-12-6-3-2-4-7-12/h5,8-10H,2-4,6-7H2,1H3,(H2,17,18,19). The van der Waals surface area contributed by atoms with Crippen LogP contribution in [0.1, 0.15) is 37.7 Å². The number of hydrogen-bond acceptors (Lipinski definition) is 1. The molecule has 0 heterocycles. The highest BCUT2D eigenvalue weighted by atomic mass is 35.5. The van der Waals surface area contributed by atoms with Gasteiger partial charge in [-0.2, -0.15) is 0 Å². The summed E-state index contributed by atoms with van der Waals surface area (Å²) in [5, 5.41) is 6.26. The maximum Gasteiger partial charge on any atom is 0.323 e. The molecule has 0 saturated heterocycles. The summed E-state index contributed by atoms with van der Waals surface area (Å²) in [5.74, 6) is 0. The molecule has 19 heavy (non-hydrogen) atoms. The van der Waals surface area contributed by atoms with Gasteiger partial charge < -0.3 is 10.6 Å². The van der Waals surface area contributed by atoms with Crippen LogP contribution in [0.2, 0.25) is 5.02 Å². The second kappa shape index (κ2) is 6.62. The number of benzene rings is 1. The lowest BCUT2D eigenvalue weighted by atomic mass is 9.96. The van der Waals surface area contributed by atoms with Crippen molar-refractivity contribution in [1.29, 1.82) is 0 Å². The van der Waals surface area contributed by atoms with Gasteiger partial charge >= 0.3 is 6.03 Å². The lowest BCUT2D eigenvalue weighted by Crippen LogP contribution is -2.25. The fourth-order valence-corrected chi connectivity index (χ4v) is 2.39. The highest BCUT2D eigenvalue weighted by Crippen LogP contribution is 2.23. The average molecular weight is 279 g/mol. The molecule has 2 amide bonds. The van der Waals surface area contributed by atoms with Crippen molar-refractivity contribution >= 4 is 23.3 Å². The zero-order chi connectivity index (χ0) is 13.7. The third-order valence-corrected chi connectivity index (χ3v) is 3.83. The smallest absolute Gasteiger partial charge is 0.314 e. The van der Waals surface area contributed by atoms with E-state index >= 15 is 0 Å². The van der Waals surface area contributed by atoms with Gasteiger partial charge in [0.25, 0.3) is 0 Å². The largest absolute Gasteiger partial charge is 0.323 e. The topological polar surface area (TPSA) is 41.1 Å². The van der Waals surface area contributed by atoms with E-state index in [1.165, 1.54) is 24.8 Å². The highest BCUT2D eigenvalue weighted by Gasteiger charge is 2.07. The molecule has 0 unspecified atom stereocenters. The molecular formula is C15H19ClN2O. The van der Waals surface area contributed by atoms with Crippen molar-refractivity contribution in [2.75, 3.05) is 5.32 Å². The normalized spacial score (nSPS) is 14.9. The molecule has 0 bridgehead atoms. The number of amides is 2. The molecule has 0 radical (unpaired) electrons. The number of carbonyl (C=O) groups is 1. The van der Waals surface area contributed by atoms with Gasteiger partial charge in [0.15, 0.2) is 0 Å². The van der Waals surface area contributed by atoms with Crippen LogP contribution in [0.5, 0.6) is 0 Å². The monoisotopic (exact) mass is 278 g/mol. The fraction of sp³-hybridized carbons (Fsp3) is 0.400. The summed E-state index contributed by atoms with van der Waals surface area (Å²) in [6, 6.07) is 5.26. The first kappa shape index (κ1) is 13.9. The Hall–Kier alpha value is -1.48. The second-order valence-electron chi connectivity index (χ2n) is 4.87. The molecule has 1 aromatic rings. The van der Waals surface area contributed by atoms with E-state index in [1.807, 2.05) is 31.3 Å². The first-order chi connectivity index (χ1) is 9.16. The van der Waals surface area contributed by atoms with Crippen LogP contribution in [-0.2, 0) is 0 Å². The number of nitrogens with one attached hydrogen (secondary N) is 2. The van der Waals surface area contributed by atoms with E-state index in [9.17, 15) is 4.79 Å². The molecule has 1 fully saturated rings. The number of urea groups is 1. The minimum atomic E-state index is -0.219. The summed E-state index contributed by atoms with van der Waals surface area (Å²) in [7, 11) is 0. The van der Waals surface area contributed by atoms with Crippen molar-refractivity contribution in [3.63, 3.8) is 0 Å². The summed E-state index contributed by atoms with van der Waals surface area (Å²) in [4.78, 5) is 11.8. The Morgan fingerprint density at radius 3 is 2.74 bits per heavy atom. The van der Waals surface area contributed by atoms with Gasteiger partial charge in [0, 0.05) is 16.9 Å². The predicted molar refractivity (Wildman–Crippen MR) is 79.5 cm³/mol. The number of carbonyl (C=O) groups excluding carboxylic acids is 1. The van der Waals surface area contributed by atoms with Gasteiger partial charge in [-0.25, -0.2) is 4.79 Å².